The molecule has 3 N–H and O–H groups in total. The largest absolute Gasteiger partial charge is 0.382 e. The van der Waals surface area contributed by atoms with Crippen LogP contribution in [-0.4, -0.2) is 77.3 Å². The predicted molar refractivity (Wildman–Crippen MR) is 148 cm³/mol. The molecule has 1 unspecified atom stereocenters. The maximum Gasteiger partial charge on any atom is 0.291 e. The molecule has 5 aromatic rings. The monoisotopic (exact) mass is 570 g/mol. The minimum absolute atomic E-state index is 0.0114. The maximum atomic E-state index is 13.1. The Kier molecular flexibility index (Phi) is 5.81. The predicted octanol–water partition coefficient (Wildman–Crippen LogP) is 2.51. The molecule has 0 saturated carbocycles. The summed E-state index contributed by atoms with van der Waals surface area (Å²) in [7, 11) is -3.75. The van der Waals surface area contributed by atoms with Gasteiger partial charge in [0.1, 0.15) is 17.0 Å². The summed E-state index contributed by atoms with van der Waals surface area (Å²) in [6.07, 6.45) is 10.3. The van der Waals surface area contributed by atoms with Crippen LogP contribution >= 0.6 is 0 Å². The van der Waals surface area contributed by atoms with Crippen molar-refractivity contribution in [2.24, 2.45) is 0 Å². The molecule has 7 rings (SSSR count). The van der Waals surface area contributed by atoms with Gasteiger partial charge in [0.15, 0.2) is 15.5 Å². The van der Waals surface area contributed by atoms with Crippen LogP contribution in [0.5, 0.6) is 0 Å². The minimum atomic E-state index is -3.75. The van der Waals surface area contributed by atoms with Crippen LogP contribution in [0, 0.1) is 0 Å². The average Bonchev–Trinajstić information content (AvgIpc) is 3.71. The molecule has 0 aromatic carbocycles. The van der Waals surface area contributed by atoms with Gasteiger partial charge in [-0.25, -0.2) is 18.4 Å². The molecule has 3 atom stereocenters. The van der Waals surface area contributed by atoms with Crippen molar-refractivity contribution in [3.8, 4) is 22.5 Å². The fourth-order valence-corrected chi connectivity index (χ4v) is 7.32. The quantitative estimate of drug-likeness (QED) is 0.319. The van der Waals surface area contributed by atoms with E-state index in [1.165, 1.54) is 10.8 Å². The summed E-state index contributed by atoms with van der Waals surface area (Å²) in [5.41, 5.74) is 10.3. The standard InChI is InChI=1S/C27H26N10O3S/c1-41(39,40)23-22(16-10-17-6-7-18(11-16)36(17)27(38)25-31-14-32-35-25)34-26-19(13-33-37(26)24(23)28)15-5-8-21(30-12-15)20-4-2-3-9-29-20/h2-5,8-9,12-14,16-18H,6-7,10-11,28H2,1H3,(H,31,32,35)/t16?,17-,18+. The van der Waals surface area contributed by atoms with Gasteiger partial charge in [0, 0.05) is 47.8 Å². The van der Waals surface area contributed by atoms with Gasteiger partial charge < -0.3 is 10.6 Å². The third-order valence-electron chi connectivity index (χ3n) is 8.01. The van der Waals surface area contributed by atoms with E-state index in [1.807, 2.05) is 35.2 Å². The molecule has 0 spiro atoms. The highest BCUT2D eigenvalue weighted by Crippen LogP contribution is 2.45. The van der Waals surface area contributed by atoms with Gasteiger partial charge in [-0.15, -0.1) is 0 Å². The number of hydrogen-bond donors (Lipinski definition) is 2. The maximum absolute atomic E-state index is 13.1. The summed E-state index contributed by atoms with van der Waals surface area (Å²) in [5, 5.41) is 10.9. The van der Waals surface area contributed by atoms with Crippen LogP contribution in [0.1, 0.15) is 47.9 Å². The molecule has 0 radical (unpaired) electrons. The lowest BCUT2D eigenvalue weighted by Gasteiger charge is -2.38. The highest BCUT2D eigenvalue weighted by molar-refractivity contribution is 7.91. The van der Waals surface area contributed by atoms with Gasteiger partial charge >= 0.3 is 0 Å². The molecule has 2 aliphatic rings. The van der Waals surface area contributed by atoms with Gasteiger partial charge in [0.05, 0.1) is 23.3 Å². The summed E-state index contributed by atoms with van der Waals surface area (Å²) in [6, 6.07) is 9.26. The van der Waals surface area contributed by atoms with E-state index in [-0.39, 0.29) is 40.4 Å². The number of amides is 1. The second kappa shape index (κ2) is 9.44. The third-order valence-corrected chi connectivity index (χ3v) is 9.17. The van der Waals surface area contributed by atoms with Gasteiger partial charge in [-0.3, -0.25) is 19.9 Å². The number of nitrogen functional groups attached to an aromatic ring is 1. The number of piperidine rings is 1. The van der Waals surface area contributed by atoms with E-state index < -0.39 is 9.84 Å². The Hall–Kier alpha value is -4.72. The van der Waals surface area contributed by atoms with Gasteiger partial charge in [-0.1, -0.05) is 12.1 Å². The van der Waals surface area contributed by atoms with Crippen LogP contribution < -0.4 is 5.73 Å². The Morgan fingerprint density at radius 1 is 1.02 bits per heavy atom. The van der Waals surface area contributed by atoms with Gasteiger partial charge in [0.25, 0.3) is 5.91 Å². The number of aromatic amines is 1. The first-order valence-electron chi connectivity index (χ1n) is 13.2. The number of nitrogens with zero attached hydrogens (tertiary/aromatic N) is 8. The second-order valence-electron chi connectivity index (χ2n) is 10.5. The van der Waals surface area contributed by atoms with Crippen molar-refractivity contribution >= 4 is 27.2 Å². The summed E-state index contributed by atoms with van der Waals surface area (Å²) in [5.74, 6) is -0.188. The number of carbonyl (C=O) groups excluding carboxylic acids is 1. The van der Waals surface area contributed by atoms with Crippen LogP contribution in [-0.2, 0) is 9.84 Å². The Morgan fingerprint density at radius 3 is 2.44 bits per heavy atom. The Balaban J connectivity index is 1.29. The lowest BCUT2D eigenvalue weighted by Crippen LogP contribution is -2.46. The van der Waals surface area contributed by atoms with Gasteiger partial charge in [0.2, 0.25) is 5.82 Å². The summed E-state index contributed by atoms with van der Waals surface area (Å²) in [4.78, 5) is 32.9. The number of fused-ring (bicyclic) bond motifs is 3. The second-order valence-corrected chi connectivity index (χ2v) is 12.5. The molecule has 2 bridgehead atoms. The van der Waals surface area contributed by atoms with Crippen molar-refractivity contribution < 1.29 is 13.2 Å². The molecule has 7 heterocycles. The Bertz CT molecular complexity index is 1860. The topological polar surface area (TPSA) is 178 Å². The molecule has 14 heteroatoms. The number of aromatic nitrogens is 8. The van der Waals surface area contributed by atoms with E-state index >= 15 is 0 Å². The van der Waals surface area contributed by atoms with E-state index in [2.05, 4.69) is 30.2 Å². The number of carbonyl (C=O) groups is 1. The lowest BCUT2D eigenvalue weighted by molar-refractivity contribution is 0.0556. The summed E-state index contributed by atoms with van der Waals surface area (Å²) in [6.45, 7) is 0. The number of sulfone groups is 1. The first-order valence-corrected chi connectivity index (χ1v) is 15.1. The summed E-state index contributed by atoms with van der Waals surface area (Å²) >= 11 is 0. The zero-order valence-electron chi connectivity index (χ0n) is 22.0. The Labute approximate surface area is 234 Å². The van der Waals surface area contributed by atoms with Crippen LogP contribution in [0.3, 0.4) is 0 Å². The van der Waals surface area contributed by atoms with E-state index in [1.54, 1.807) is 18.6 Å². The highest BCUT2D eigenvalue weighted by atomic mass is 32.2. The van der Waals surface area contributed by atoms with Crippen molar-refractivity contribution in [3.05, 3.63) is 66.8 Å². The van der Waals surface area contributed by atoms with E-state index in [0.717, 1.165) is 36.0 Å². The van der Waals surface area contributed by atoms with Crippen LogP contribution in [0.4, 0.5) is 5.82 Å². The summed E-state index contributed by atoms with van der Waals surface area (Å²) < 4.78 is 27.5. The van der Waals surface area contributed by atoms with Crippen molar-refractivity contribution in [3.63, 3.8) is 0 Å². The SMILES string of the molecule is CS(=O)(=O)c1c(C2C[C@H]3CC[C@@H](C2)N3C(=O)c2ncn[nH]2)nc2c(-c3ccc(-c4ccccn4)nc3)cnn2c1N. The van der Waals surface area contributed by atoms with E-state index in [4.69, 9.17) is 10.7 Å². The molecule has 13 nitrogen and oxygen atoms in total. The molecule has 2 saturated heterocycles. The van der Waals surface area contributed by atoms with Gasteiger partial charge in [-0.2, -0.15) is 14.7 Å². The number of nitrogens with two attached hydrogens (primary N) is 1. The minimum Gasteiger partial charge on any atom is -0.382 e. The molecule has 1 amide bonds. The van der Waals surface area contributed by atoms with Crippen LogP contribution in [0.15, 0.2) is 60.1 Å². The fourth-order valence-electron chi connectivity index (χ4n) is 6.26. The van der Waals surface area contributed by atoms with E-state index in [0.29, 0.717) is 29.7 Å². The van der Waals surface area contributed by atoms with Crippen molar-refractivity contribution in [2.45, 2.75) is 48.6 Å². The number of anilines is 1. The van der Waals surface area contributed by atoms with E-state index in [9.17, 15) is 13.2 Å². The molecule has 2 fully saturated rings. The lowest BCUT2D eigenvalue weighted by atomic mass is 9.87. The van der Waals surface area contributed by atoms with Crippen molar-refractivity contribution in [1.29, 1.82) is 0 Å². The number of hydrogen-bond acceptors (Lipinski definition) is 10. The third kappa shape index (κ3) is 4.22. The number of nitrogens with one attached hydrogen (secondary N) is 1. The zero-order valence-corrected chi connectivity index (χ0v) is 22.9. The van der Waals surface area contributed by atoms with Gasteiger partial charge in [-0.05, 0) is 43.9 Å². The molecular formula is C27H26N10O3S. The number of rotatable bonds is 5. The van der Waals surface area contributed by atoms with Crippen LogP contribution in [0.2, 0.25) is 0 Å². The molecule has 2 aliphatic heterocycles. The normalized spacial score (nSPS) is 20.5. The smallest absolute Gasteiger partial charge is 0.291 e. The van der Waals surface area contributed by atoms with Crippen LogP contribution in [0.25, 0.3) is 28.2 Å². The first-order chi connectivity index (χ1) is 19.8. The van der Waals surface area contributed by atoms with Crippen molar-refractivity contribution in [2.75, 3.05) is 12.0 Å². The fraction of sp³-hybridized carbons (Fsp3) is 0.296. The first kappa shape index (κ1) is 25.3. The highest BCUT2D eigenvalue weighted by Gasteiger charge is 2.46. The number of H-pyrrole nitrogens is 1. The molecule has 5 aromatic heterocycles. The number of pyridine rings is 2. The molecule has 41 heavy (non-hydrogen) atoms. The molecule has 208 valence electrons. The van der Waals surface area contributed by atoms with Crippen molar-refractivity contribution in [1.82, 2.24) is 44.6 Å². The molecule has 0 aliphatic carbocycles. The average molecular weight is 571 g/mol. The Morgan fingerprint density at radius 2 is 1.80 bits per heavy atom. The molecular weight excluding hydrogens is 544 g/mol. The zero-order chi connectivity index (χ0) is 28.3.